The van der Waals surface area contributed by atoms with Crippen LogP contribution in [-0.4, -0.2) is 12.5 Å². The molecule has 1 rings (SSSR count). The zero-order valence-corrected chi connectivity index (χ0v) is 13.7. The van der Waals surface area contributed by atoms with Crippen molar-refractivity contribution in [3.8, 4) is 0 Å². The molecule has 0 bridgehead atoms. The van der Waals surface area contributed by atoms with Gasteiger partial charge in [-0.2, -0.15) is 0 Å². The average molecular weight is 291 g/mol. The van der Waals surface area contributed by atoms with E-state index in [2.05, 4.69) is 23.7 Å². The standard InChI is InChI=1S/C18H30N2O/c1-3-5-7-8-9-10-13-19-18(21)17-12-11-15-20(16-17)14-6-4-2/h11-12,15-16H,3-10,13-14H2,1-2H3/p+1. The molecule has 1 N–H and O–H groups in total. The van der Waals surface area contributed by atoms with E-state index in [1.807, 2.05) is 24.5 Å². The van der Waals surface area contributed by atoms with E-state index in [1.165, 1.54) is 38.5 Å². The van der Waals surface area contributed by atoms with Gasteiger partial charge in [0.25, 0.3) is 5.91 Å². The smallest absolute Gasteiger partial charge is 0.257 e. The number of nitrogens with zero attached hydrogens (tertiary/aromatic N) is 1. The Morgan fingerprint density at radius 3 is 2.52 bits per heavy atom. The second kappa shape index (κ2) is 11.3. The lowest BCUT2D eigenvalue weighted by Crippen LogP contribution is -2.35. The predicted molar refractivity (Wildman–Crippen MR) is 87.3 cm³/mol. The number of nitrogens with one attached hydrogen (secondary N) is 1. The highest BCUT2D eigenvalue weighted by molar-refractivity contribution is 5.93. The van der Waals surface area contributed by atoms with Crippen LogP contribution in [0.1, 0.15) is 75.6 Å². The molecule has 0 saturated carbocycles. The lowest BCUT2D eigenvalue weighted by atomic mass is 10.1. The molecule has 0 aliphatic rings. The van der Waals surface area contributed by atoms with Crippen LogP contribution >= 0.6 is 0 Å². The number of unbranched alkanes of at least 4 members (excludes halogenated alkanes) is 6. The molecule has 1 heterocycles. The molecule has 0 fully saturated rings. The number of hydrogen-bond donors (Lipinski definition) is 1. The summed E-state index contributed by atoms with van der Waals surface area (Å²) in [5.74, 6) is 0.0504. The molecular weight excluding hydrogens is 260 g/mol. The molecule has 3 heteroatoms. The Hall–Kier alpha value is -1.38. The van der Waals surface area contributed by atoms with E-state index in [0.29, 0.717) is 0 Å². The van der Waals surface area contributed by atoms with E-state index in [9.17, 15) is 4.79 Å². The van der Waals surface area contributed by atoms with Gasteiger partial charge >= 0.3 is 0 Å². The third kappa shape index (κ3) is 7.84. The predicted octanol–water partition coefficient (Wildman–Crippen LogP) is 3.86. The summed E-state index contributed by atoms with van der Waals surface area (Å²) in [5.41, 5.74) is 0.764. The van der Waals surface area contributed by atoms with Crippen LogP contribution in [0.4, 0.5) is 0 Å². The van der Waals surface area contributed by atoms with Gasteiger partial charge in [0.05, 0.1) is 0 Å². The highest BCUT2D eigenvalue weighted by atomic mass is 16.1. The van der Waals surface area contributed by atoms with Crippen molar-refractivity contribution in [2.45, 2.75) is 71.8 Å². The average Bonchev–Trinajstić information content (AvgIpc) is 2.52. The zero-order chi connectivity index (χ0) is 15.3. The van der Waals surface area contributed by atoms with Crippen LogP contribution in [0.5, 0.6) is 0 Å². The lowest BCUT2D eigenvalue weighted by Gasteiger charge is -2.05. The van der Waals surface area contributed by atoms with Crippen LogP contribution in [0.25, 0.3) is 0 Å². The molecule has 0 aliphatic carbocycles. The van der Waals surface area contributed by atoms with Crippen LogP contribution in [-0.2, 0) is 6.54 Å². The normalized spacial score (nSPS) is 10.6. The summed E-state index contributed by atoms with van der Waals surface area (Å²) in [6.45, 7) is 6.17. The first-order valence-corrected chi connectivity index (χ1v) is 8.55. The van der Waals surface area contributed by atoms with Crippen molar-refractivity contribution in [3.63, 3.8) is 0 Å². The Labute approximate surface area is 129 Å². The number of pyridine rings is 1. The van der Waals surface area contributed by atoms with Gasteiger partial charge in [-0.25, -0.2) is 4.57 Å². The Bertz CT molecular complexity index is 404. The van der Waals surface area contributed by atoms with E-state index in [-0.39, 0.29) is 5.91 Å². The molecule has 1 aromatic rings. The first-order chi connectivity index (χ1) is 10.3. The van der Waals surface area contributed by atoms with E-state index in [1.54, 1.807) is 0 Å². The van der Waals surface area contributed by atoms with Crippen molar-refractivity contribution in [1.82, 2.24) is 5.32 Å². The Morgan fingerprint density at radius 1 is 1.05 bits per heavy atom. The quantitative estimate of drug-likeness (QED) is 0.487. The third-order valence-corrected chi connectivity index (χ3v) is 3.71. The van der Waals surface area contributed by atoms with Crippen molar-refractivity contribution < 1.29 is 9.36 Å². The van der Waals surface area contributed by atoms with Crippen molar-refractivity contribution in [3.05, 3.63) is 30.1 Å². The summed E-state index contributed by atoms with van der Waals surface area (Å²) in [7, 11) is 0. The molecule has 1 aromatic heterocycles. The monoisotopic (exact) mass is 291 g/mol. The van der Waals surface area contributed by atoms with Crippen LogP contribution in [0.2, 0.25) is 0 Å². The number of aromatic nitrogens is 1. The Balaban J connectivity index is 2.25. The largest absolute Gasteiger partial charge is 0.352 e. The molecular formula is C18H31N2O+. The van der Waals surface area contributed by atoms with Gasteiger partial charge in [-0.3, -0.25) is 4.79 Å². The summed E-state index contributed by atoms with van der Waals surface area (Å²) in [6.07, 6.45) is 13.8. The molecule has 3 nitrogen and oxygen atoms in total. The summed E-state index contributed by atoms with van der Waals surface area (Å²) in [5, 5.41) is 3.02. The van der Waals surface area contributed by atoms with E-state index < -0.39 is 0 Å². The molecule has 0 radical (unpaired) electrons. The zero-order valence-electron chi connectivity index (χ0n) is 13.7. The minimum absolute atomic E-state index is 0.0504. The lowest BCUT2D eigenvalue weighted by molar-refractivity contribution is -0.697. The number of aryl methyl sites for hydroxylation is 1. The molecule has 1 amide bonds. The SMILES string of the molecule is CCCCCCCCNC(=O)c1ccc[n+](CCCC)c1. The number of rotatable bonds is 11. The molecule has 118 valence electrons. The van der Waals surface area contributed by atoms with Crippen molar-refractivity contribution in [2.75, 3.05) is 6.54 Å². The van der Waals surface area contributed by atoms with Crippen LogP contribution in [0, 0.1) is 0 Å². The van der Waals surface area contributed by atoms with Gasteiger partial charge in [0.1, 0.15) is 12.1 Å². The maximum atomic E-state index is 12.1. The molecule has 0 unspecified atom stereocenters. The highest BCUT2D eigenvalue weighted by Gasteiger charge is 2.09. The first kappa shape index (κ1) is 17.7. The molecule has 0 spiro atoms. The first-order valence-electron chi connectivity index (χ1n) is 8.55. The molecule has 21 heavy (non-hydrogen) atoms. The van der Waals surface area contributed by atoms with Gasteiger partial charge in [0.15, 0.2) is 12.4 Å². The van der Waals surface area contributed by atoms with Crippen LogP contribution < -0.4 is 9.88 Å². The van der Waals surface area contributed by atoms with Gasteiger partial charge in [-0.15, -0.1) is 0 Å². The fraction of sp³-hybridized carbons (Fsp3) is 0.667. The summed E-state index contributed by atoms with van der Waals surface area (Å²) < 4.78 is 2.10. The summed E-state index contributed by atoms with van der Waals surface area (Å²) in [4.78, 5) is 12.1. The van der Waals surface area contributed by atoms with Gasteiger partial charge in [-0.1, -0.05) is 52.4 Å². The van der Waals surface area contributed by atoms with E-state index in [0.717, 1.165) is 31.5 Å². The number of carbonyl (C=O) groups excluding carboxylic acids is 1. The van der Waals surface area contributed by atoms with Crippen molar-refractivity contribution in [1.29, 1.82) is 0 Å². The maximum Gasteiger partial charge on any atom is 0.257 e. The van der Waals surface area contributed by atoms with Gasteiger partial charge in [-0.05, 0) is 12.5 Å². The van der Waals surface area contributed by atoms with Crippen LogP contribution in [0.3, 0.4) is 0 Å². The Kier molecular flexibility index (Phi) is 9.51. The topological polar surface area (TPSA) is 33.0 Å². The van der Waals surface area contributed by atoms with E-state index >= 15 is 0 Å². The van der Waals surface area contributed by atoms with E-state index in [4.69, 9.17) is 0 Å². The van der Waals surface area contributed by atoms with Crippen LogP contribution in [0.15, 0.2) is 24.5 Å². The van der Waals surface area contributed by atoms with Gasteiger partial charge < -0.3 is 5.32 Å². The maximum absolute atomic E-state index is 12.1. The second-order valence-corrected chi connectivity index (χ2v) is 5.71. The fourth-order valence-corrected chi connectivity index (χ4v) is 2.35. The molecule has 0 atom stereocenters. The summed E-state index contributed by atoms with van der Waals surface area (Å²) >= 11 is 0. The highest BCUT2D eigenvalue weighted by Crippen LogP contribution is 2.04. The van der Waals surface area contributed by atoms with Crippen molar-refractivity contribution in [2.24, 2.45) is 0 Å². The minimum atomic E-state index is 0.0504. The summed E-state index contributed by atoms with van der Waals surface area (Å²) in [6, 6.07) is 3.84. The molecule has 0 aromatic carbocycles. The number of carbonyl (C=O) groups is 1. The number of amides is 1. The third-order valence-electron chi connectivity index (χ3n) is 3.71. The number of hydrogen-bond acceptors (Lipinski definition) is 1. The molecule has 0 saturated heterocycles. The minimum Gasteiger partial charge on any atom is -0.352 e. The fourth-order valence-electron chi connectivity index (χ4n) is 2.35. The van der Waals surface area contributed by atoms with Crippen molar-refractivity contribution >= 4 is 5.91 Å². The second-order valence-electron chi connectivity index (χ2n) is 5.71. The van der Waals surface area contributed by atoms with Gasteiger partial charge in [0.2, 0.25) is 0 Å². The molecule has 0 aliphatic heterocycles. The Morgan fingerprint density at radius 2 is 1.76 bits per heavy atom. The van der Waals surface area contributed by atoms with Gasteiger partial charge in [0, 0.05) is 19.0 Å².